The third kappa shape index (κ3) is 1.92. The SMILES string of the molecule is Clc1cccc2c1C=NN(c1ccccc1)C2. The molecule has 2 aromatic carbocycles. The highest BCUT2D eigenvalue weighted by atomic mass is 35.5. The molecule has 3 rings (SSSR count). The van der Waals surface area contributed by atoms with Crippen LogP contribution in [0.25, 0.3) is 0 Å². The van der Waals surface area contributed by atoms with E-state index >= 15 is 0 Å². The van der Waals surface area contributed by atoms with Crippen LogP contribution >= 0.6 is 11.6 Å². The molecule has 3 heteroatoms. The second kappa shape index (κ2) is 4.22. The Morgan fingerprint density at radius 1 is 1.00 bits per heavy atom. The summed E-state index contributed by atoms with van der Waals surface area (Å²) in [5, 5.41) is 7.16. The van der Waals surface area contributed by atoms with Crippen molar-refractivity contribution in [2.75, 3.05) is 5.01 Å². The summed E-state index contributed by atoms with van der Waals surface area (Å²) in [6.45, 7) is 0.760. The van der Waals surface area contributed by atoms with E-state index in [-0.39, 0.29) is 0 Å². The minimum Gasteiger partial charge on any atom is -0.261 e. The maximum Gasteiger partial charge on any atom is 0.0673 e. The molecule has 84 valence electrons. The predicted molar refractivity (Wildman–Crippen MR) is 71.7 cm³/mol. The third-order valence-corrected chi connectivity index (χ3v) is 3.17. The van der Waals surface area contributed by atoms with Gasteiger partial charge in [-0.3, -0.25) is 5.01 Å². The zero-order chi connectivity index (χ0) is 11.7. The van der Waals surface area contributed by atoms with Gasteiger partial charge in [-0.1, -0.05) is 41.9 Å². The zero-order valence-electron chi connectivity index (χ0n) is 9.18. The van der Waals surface area contributed by atoms with Crippen LogP contribution in [0.1, 0.15) is 11.1 Å². The van der Waals surface area contributed by atoms with Gasteiger partial charge in [-0.05, 0) is 23.8 Å². The van der Waals surface area contributed by atoms with Gasteiger partial charge in [0.15, 0.2) is 0 Å². The van der Waals surface area contributed by atoms with E-state index in [4.69, 9.17) is 11.6 Å². The lowest BCUT2D eigenvalue weighted by molar-refractivity contribution is 0.843. The second-order valence-corrected chi connectivity index (χ2v) is 4.36. The van der Waals surface area contributed by atoms with Crippen molar-refractivity contribution >= 4 is 23.5 Å². The number of hydrogen-bond donors (Lipinski definition) is 0. The van der Waals surface area contributed by atoms with Crippen molar-refractivity contribution in [3.8, 4) is 0 Å². The standard InChI is InChI=1S/C14H11ClN2/c15-14-8-4-5-11-10-17(16-9-13(11)14)12-6-2-1-3-7-12/h1-9H,10H2. The number of para-hydroxylation sites is 1. The Morgan fingerprint density at radius 3 is 2.65 bits per heavy atom. The van der Waals surface area contributed by atoms with Crippen molar-refractivity contribution in [2.45, 2.75) is 6.54 Å². The topological polar surface area (TPSA) is 15.6 Å². The Labute approximate surface area is 105 Å². The number of rotatable bonds is 1. The van der Waals surface area contributed by atoms with Crippen LogP contribution < -0.4 is 5.01 Å². The van der Waals surface area contributed by atoms with Crippen LogP contribution in [-0.2, 0) is 6.54 Å². The first kappa shape index (κ1) is 10.4. The Balaban J connectivity index is 1.97. The van der Waals surface area contributed by atoms with Crippen molar-refractivity contribution in [1.29, 1.82) is 0 Å². The highest BCUT2D eigenvalue weighted by Gasteiger charge is 2.14. The van der Waals surface area contributed by atoms with E-state index in [0.29, 0.717) is 0 Å². The summed E-state index contributed by atoms with van der Waals surface area (Å²) in [7, 11) is 0. The number of nitrogens with zero attached hydrogens (tertiary/aromatic N) is 2. The van der Waals surface area contributed by atoms with Gasteiger partial charge in [0, 0.05) is 10.6 Å². The van der Waals surface area contributed by atoms with Crippen LogP contribution in [0.5, 0.6) is 0 Å². The maximum absolute atomic E-state index is 6.13. The summed E-state index contributed by atoms with van der Waals surface area (Å²) in [6.07, 6.45) is 1.83. The van der Waals surface area contributed by atoms with Crippen molar-refractivity contribution in [2.24, 2.45) is 5.10 Å². The highest BCUT2D eigenvalue weighted by Crippen LogP contribution is 2.26. The molecule has 0 saturated heterocycles. The van der Waals surface area contributed by atoms with E-state index in [0.717, 1.165) is 22.8 Å². The predicted octanol–water partition coefficient (Wildman–Crippen LogP) is 3.69. The fraction of sp³-hybridized carbons (Fsp3) is 0.0714. The quantitative estimate of drug-likeness (QED) is 0.745. The van der Waals surface area contributed by atoms with Gasteiger partial charge >= 0.3 is 0 Å². The summed E-state index contributed by atoms with van der Waals surface area (Å²) in [6, 6.07) is 16.1. The molecule has 0 N–H and O–H groups in total. The summed E-state index contributed by atoms with van der Waals surface area (Å²) in [4.78, 5) is 0. The van der Waals surface area contributed by atoms with Gasteiger partial charge in [-0.25, -0.2) is 0 Å². The Morgan fingerprint density at radius 2 is 1.82 bits per heavy atom. The first-order valence-electron chi connectivity index (χ1n) is 5.48. The molecule has 0 saturated carbocycles. The van der Waals surface area contributed by atoms with Gasteiger partial charge in [0.05, 0.1) is 18.4 Å². The minimum absolute atomic E-state index is 0.760. The van der Waals surface area contributed by atoms with Gasteiger partial charge in [-0.15, -0.1) is 0 Å². The van der Waals surface area contributed by atoms with Crippen molar-refractivity contribution in [3.05, 3.63) is 64.7 Å². The number of anilines is 1. The summed E-state index contributed by atoms with van der Waals surface area (Å²) in [5.74, 6) is 0. The molecule has 0 aromatic heterocycles. The lowest BCUT2D eigenvalue weighted by Gasteiger charge is -2.24. The van der Waals surface area contributed by atoms with E-state index in [9.17, 15) is 0 Å². The van der Waals surface area contributed by atoms with Crippen LogP contribution in [0.15, 0.2) is 53.6 Å². The van der Waals surface area contributed by atoms with Crippen molar-refractivity contribution < 1.29 is 0 Å². The molecule has 0 radical (unpaired) electrons. The van der Waals surface area contributed by atoms with E-state index in [1.165, 1.54) is 5.56 Å². The first-order valence-corrected chi connectivity index (χ1v) is 5.86. The minimum atomic E-state index is 0.760. The molecule has 0 unspecified atom stereocenters. The van der Waals surface area contributed by atoms with E-state index in [2.05, 4.69) is 11.2 Å². The number of fused-ring (bicyclic) bond motifs is 1. The molecule has 0 aliphatic carbocycles. The fourth-order valence-corrected chi connectivity index (χ4v) is 2.19. The number of hydrogen-bond acceptors (Lipinski definition) is 2. The fourth-order valence-electron chi connectivity index (χ4n) is 1.95. The van der Waals surface area contributed by atoms with Crippen LogP contribution in [0.2, 0.25) is 5.02 Å². The molecule has 0 spiro atoms. The molecular weight excluding hydrogens is 232 g/mol. The maximum atomic E-state index is 6.13. The van der Waals surface area contributed by atoms with Crippen LogP contribution in [0.3, 0.4) is 0 Å². The van der Waals surface area contributed by atoms with Crippen LogP contribution in [-0.4, -0.2) is 6.21 Å². The van der Waals surface area contributed by atoms with Gasteiger partial charge in [-0.2, -0.15) is 5.10 Å². The third-order valence-electron chi connectivity index (χ3n) is 2.84. The second-order valence-electron chi connectivity index (χ2n) is 3.95. The van der Waals surface area contributed by atoms with E-state index in [1.54, 1.807) is 0 Å². The average Bonchev–Trinajstić information content (AvgIpc) is 2.40. The van der Waals surface area contributed by atoms with Gasteiger partial charge < -0.3 is 0 Å². The normalized spacial score (nSPS) is 13.6. The molecule has 17 heavy (non-hydrogen) atoms. The molecule has 0 amide bonds. The molecule has 0 fully saturated rings. The lowest BCUT2D eigenvalue weighted by atomic mass is 10.1. The first-order chi connectivity index (χ1) is 8.34. The van der Waals surface area contributed by atoms with Gasteiger partial charge in [0.25, 0.3) is 0 Å². The Bertz CT molecular complexity index is 564. The summed E-state index contributed by atoms with van der Waals surface area (Å²) >= 11 is 6.13. The summed E-state index contributed by atoms with van der Waals surface area (Å²) < 4.78 is 0. The molecular formula is C14H11ClN2. The number of halogens is 1. The summed E-state index contributed by atoms with van der Waals surface area (Å²) in [5.41, 5.74) is 3.33. The average molecular weight is 243 g/mol. The van der Waals surface area contributed by atoms with Gasteiger partial charge in [0.1, 0.15) is 0 Å². The Hall–Kier alpha value is -1.80. The van der Waals surface area contributed by atoms with Crippen LogP contribution in [0.4, 0.5) is 5.69 Å². The van der Waals surface area contributed by atoms with Gasteiger partial charge in [0.2, 0.25) is 0 Å². The molecule has 1 aliphatic heterocycles. The van der Waals surface area contributed by atoms with Crippen molar-refractivity contribution in [1.82, 2.24) is 0 Å². The molecule has 0 atom stereocenters. The monoisotopic (exact) mass is 242 g/mol. The van der Waals surface area contributed by atoms with Crippen LogP contribution in [0, 0.1) is 0 Å². The highest BCUT2D eigenvalue weighted by molar-refractivity contribution is 6.33. The lowest BCUT2D eigenvalue weighted by Crippen LogP contribution is -2.21. The molecule has 1 heterocycles. The molecule has 2 aromatic rings. The van der Waals surface area contributed by atoms with E-state index in [1.807, 2.05) is 53.7 Å². The zero-order valence-corrected chi connectivity index (χ0v) is 9.93. The largest absolute Gasteiger partial charge is 0.261 e. The van der Waals surface area contributed by atoms with Crippen molar-refractivity contribution in [3.63, 3.8) is 0 Å². The smallest absolute Gasteiger partial charge is 0.0673 e. The number of benzene rings is 2. The molecule has 1 aliphatic rings. The Kier molecular flexibility index (Phi) is 2.57. The molecule has 0 bridgehead atoms. The number of hydrazone groups is 1. The van der Waals surface area contributed by atoms with E-state index < -0.39 is 0 Å². The molecule has 2 nitrogen and oxygen atoms in total.